The fraction of sp³-hybridized carbons (Fsp3) is 0.250. The van der Waals surface area contributed by atoms with Crippen LogP contribution < -0.4 is 14.8 Å². The highest BCUT2D eigenvalue weighted by Gasteiger charge is 2.14. The molecular formula is C16H17ClFNO2. The summed E-state index contributed by atoms with van der Waals surface area (Å²) >= 11 is 6.17. The maximum Gasteiger partial charge on any atom is 0.161 e. The molecule has 2 aromatic rings. The quantitative estimate of drug-likeness (QED) is 0.909. The summed E-state index contributed by atoms with van der Waals surface area (Å²) in [5, 5.41) is 3.46. The molecule has 0 aliphatic rings. The van der Waals surface area contributed by atoms with Crippen molar-refractivity contribution in [3.8, 4) is 22.6 Å². The number of hydrogen-bond donors (Lipinski definition) is 1. The number of halogens is 2. The minimum atomic E-state index is -0.362. The minimum absolute atomic E-state index is 0.361. The third-order valence-corrected chi connectivity index (χ3v) is 3.51. The van der Waals surface area contributed by atoms with E-state index in [1.54, 1.807) is 20.3 Å². The summed E-state index contributed by atoms with van der Waals surface area (Å²) in [4.78, 5) is 0. The van der Waals surface area contributed by atoms with Crippen LogP contribution in [0.25, 0.3) is 11.1 Å². The van der Waals surface area contributed by atoms with E-state index in [0.717, 1.165) is 16.7 Å². The van der Waals surface area contributed by atoms with Gasteiger partial charge in [0.25, 0.3) is 0 Å². The molecule has 0 saturated carbocycles. The van der Waals surface area contributed by atoms with Gasteiger partial charge in [-0.1, -0.05) is 11.6 Å². The molecule has 2 rings (SSSR count). The van der Waals surface area contributed by atoms with Gasteiger partial charge in [-0.2, -0.15) is 0 Å². The number of rotatable bonds is 5. The van der Waals surface area contributed by atoms with Gasteiger partial charge in [0.1, 0.15) is 5.82 Å². The lowest BCUT2D eigenvalue weighted by Gasteiger charge is -2.16. The first-order chi connectivity index (χ1) is 10.1. The van der Waals surface area contributed by atoms with Crippen LogP contribution in [0.1, 0.15) is 5.56 Å². The summed E-state index contributed by atoms with van der Waals surface area (Å²) in [6.07, 6.45) is 0. The van der Waals surface area contributed by atoms with E-state index < -0.39 is 0 Å². The standard InChI is InChI=1S/C16H17ClFNO2/c1-19-9-10-6-15(20-2)16(21-3)8-13(10)12-5-4-11(18)7-14(12)17/h4-8,19H,9H2,1-3H3. The van der Waals surface area contributed by atoms with Gasteiger partial charge in [0, 0.05) is 12.1 Å². The second kappa shape index (κ2) is 6.78. The van der Waals surface area contributed by atoms with Crippen molar-refractivity contribution >= 4 is 11.6 Å². The van der Waals surface area contributed by atoms with Crippen LogP contribution in [0, 0.1) is 5.82 Å². The van der Waals surface area contributed by atoms with Crippen molar-refractivity contribution in [3.63, 3.8) is 0 Å². The van der Waals surface area contributed by atoms with E-state index in [0.29, 0.717) is 23.1 Å². The van der Waals surface area contributed by atoms with Crippen LogP contribution in [0.2, 0.25) is 5.02 Å². The summed E-state index contributed by atoms with van der Waals surface area (Å²) in [6.45, 7) is 0.628. The van der Waals surface area contributed by atoms with Crippen LogP contribution in [0.15, 0.2) is 30.3 Å². The van der Waals surface area contributed by atoms with Crippen LogP contribution in [-0.4, -0.2) is 21.3 Å². The number of benzene rings is 2. The minimum Gasteiger partial charge on any atom is -0.493 e. The van der Waals surface area contributed by atoms with Gasteiger partial charge in [-0.3, -0.25) is 0 Å². The highest BCUT2D eigenvalue weighted by atomic mass is 35.5. The molecule has 0 heterocycles. The molecule has 0 aliphatic carbocycles. The second-order valence-electron chi connectivity index (χ2n) is 4.52. The normalized spacial score (nSPS) is 10.5. The highest BCUT2D eigenvalue weighted by molar-refractivity contribution is 6.33. The van der Waals surface area contributed by atoms with Gasteiger partial charge in [-0.05, 0) is 48.5 Å². The lowest BCUT2D eigenvalue weighted by Crippen LogP contribution is -2.07. The van der Waals surface area contributed by atoms with Crippen molar-refractivity contribution in [1.29, 1.82) is 0 Å². The Morgan fingerprint density at radius 2 is 1.71 bits per heavy atom. The van der Waals surface area contributed by atoms with Crippen LogP contribution >= 0.6 is 11.6 Å². The van der Waals surface area contributed by atoms with Crippen molar-refractivity contribution in [3.05, 3.63) is 46.7 Å². The van der Waals surface area contributed by atoms with E-state index >= 15 is 0 Å². The van der Waals surface area contributed by atoms with E-state index in [2.05, 4.69) is 5.32 Å². The molecule has 0 aliphatic heterocycles. The van der Waals surface area contributed by atoms with Gasteiger partial charge in [-0.25, -0.2) is 4.39 Å². The third kappa shape index (κ3) is 3.28. The maximum atomic E-state index is 13.2. The van der Waals surface area contributed by atoms with Crippen LogP contribution in [0.4, 0.5) is 4.39 Å². The van der Waals surface area contributed by atoms with E-state index in [1.807, 2.05) is 19.2 Å². The Labute approximate surface area is 128 Å². The molecule has 0 fully saturated rings. The third-order valence-electron chi connectivity index (χ3n) is 3.20. The highest BCUT2D eigenvalue weighted by Crippen LogP contribution is 2.38. The van der Waals surface area contributed by atoms with E-state index in [1.165, 1.54) is 12.1 Å². The maximum absolute atomic E-state index is 13.2. The average molecular weight is 310 g/mol. The molecule has 1 N–H and O–H groups in total. The Morgan fingerprint density at radius 3 is 2.29 bits per heavy atom. The van der Waals surface area contributed by atoms with Crippen molar-refractivity contribution < 1.29 is 13.9 Å². The molecule has 0 spiro atoms. The van der Waals surface area contributed by atoms with Gasteiger partial charge in [-0.15, -0.1) is 0 Å². The molecule has 3 nitrogen and oxygen atoms in total. The molecule has 0 saturated heterocycles. The van der Waals surface area contributed by atoms with E-state index in [-0.39, 0.29) is 5.82 Å². The van der Waals surface area contributed by atoms with Crippen molar-refractivity contribution in [1.82, 2.24) is 5.32 Å². The Hall–Kier alpha value is -1.78. The first-order valence-electron chi connectivity index (χ1n) is 6.45. The van der Waals surface area contributed by atoms with Crippen LogP contribution in [0.5, 0.6) is 11.5 Å². The number of nitrogens with one attached hydrogen (secondary N) is 1. The van der Waals surface area contributed by atoms with Crippen molar-refractivity contribution in [2.24, 2.45) is 0 Å². The van der Waals surface area contributed by atoms with Gasteiger partial charge in [0.2, 0.25) is 0 Å². The van der Waals surface area contributed by atoms with E-state index in [9.17, 15) is 4.39 Å². The Kier molecular flexibility index (Phi) is 5.04. The number of methoxy groups -OCH3 is 2. The molecule has 5 heteroatoms. The lowest BCUT2D eigenvalue weighted by molar-refractivity contribution is 0.354. The molecule has 0 amide bonds. The summed E-state index contributed by atoms with van der Waals surface area (Å²) in [5.41, 5.74) is 2.62. The van der Waals surface area contributed by atoms with Gasteiger partial charge in [0.05, 0.1) is 19.2 Å². The molecule has 0 radical (unpaired) electrons. The lowest BCUT2D eigenvalue weighted by atomic mass is 9.98. The largest absolute Gasteiger partial charge is 0.493 e. The fourth-order valence-electron chi connectivity index (χ4n) is 2.22. The van der Waals surface area contributed by atoms with Crippen molar-refractivity contribution in [2.75, 3.05) is 21.3 Å². The second-order valence-corrected chi connectivity index (χ2v) is 4.93. The van der Waals surface area contributed by atoms with Crippen LogP contribution in [-0.2, 0) is 6.54 Å². The Balaban J connectivity index is 2.64. The molecule has 2 aromatic carbocycles. The molecule has 21 heavy (non-hydrogen) atoms. The zero-order valence-electron chi connectivity index (χ0n) is 12.2. The Morgan fingerprint density at radius 1 is 1.05 bits per heavy atom. The summed E-state index contributed by atoms with van der Waals surface area (Å²) < 4.78 is 23.9. The van der Waals surface area contributed by atoms with Gasteiger partial charge >= 0.3 is 0 Å². The molecule has 0 atom stereocenters. The predicted octanol–water partition coefficient (Wildman–Crippen LogP) is 3.88. The SMILES string of the molecule is CNCc1cc(OC)c(OC)cc1-c1ccc(F)cc1Cl. The zero-order chi connectivity index (χ0) is 15.4. The molecular weight excluding hydrogens is 293 g/mol. The summed E-state index contributed by atoms with van der Waals surface area (Å²) in [7, 11) is 5.02. The monoisotopic (exact) mass is 309 g/mol. The molecule has 112 valence electrons. The smallest absolute Gasteiger partial charge is 0.161 e. The molecule has 0 bridgehead atoms. The zero-order valence-corrected chi connectivity index (χ0v) is 12.9. The first kappa shape index (κ1) is 15.6. The average Bonchev–Trinajstić information content (AvgIpc) is 2.47. The van der Waals surface area contributed by atoms with Crippen molar-refractivity contribution in [2.45, 2.75) is 6.54 Å². The number of hydrogen-bond acceptors (Lipinski definition) is 3. The fourth-order valence-corrected chi connectivity index (χ4v) is 2.49. The summed E-state index contributed by atoms with van der Waals surface area (Å²) in [5.74, 6) is 0.886. The number of ether oxygens (including phenoxy) is 2. The van der Waals surface area contributed by atoms with E-state index in [4.69, 9.17) is 21.1 Å². The summed E-state index contributed by atoms with van der Waals surface area (Å²) in [6, 6.07) is 8.10. The molecule has 0 unspecified atom stereocenters. The Bertz CT molecular complexity index is 646. The van der Waals surface area contributed by atoms with Gasteiger partial charge < -0.3 is 14.8 Å². The topological polar surface area (TPSA) is 30.5 Å². The molecule has 0 aromatic heterocycles. The first-order valence-corrected chi connectivity index (χ1v) is 6.83. The van der Waals surface area contributed by atoms with Crippen LogP contribution in [0.3, 0.4) is 0 Å². The predicted molar refractivity (Wildman–Crippen MR) is 82.7 cm³/mol. The van der Waals surface area contributed by atoms with Gasteiger partial charge in [0.15, 0.2) is 11.5 Å².